The molecule has 0 N–H and O–H groups in total. The van der Waals surface area contributed by atoms with Gasteiger partial charge in [-0.15, -0.1) is 0 Å². The molecule has 128 valence electrons. The molecule has 0 aromatic heterocycles. The van der Waals surface area contributed by atoms with Crippen LogP contribution in [0.25, 0.3) is 0 Å². The second kappa shape index (κ2) is 7.90. The van der Waals surface area contributed by atoms with Gasteiger partial charge in [0.15, 0.2) is 0 Å². The van der Waals surface area contributed by atoms with E-state index in [2.05, 4.69) is 17.1 Å². The van der Waals surface area contributed by atoms with Crippen LogP contribution in [0.5, 0.6) is 0 Å². The first-order valence-corrected chi connectivity index (χ1v) is 9.21. The number of fused-ring (bicyclic) bond motifs is 1. The van der Waals surface area contributed by atoms with Gasteiger partial charge in [-0.1, -0.05) is 18.2 Å². The van der Waals surface area contributed by atoms with Crippen LogP contribution in [0.3, 0.4) is 0 Å². The van der Waals surface area contributed by atoms with Gasteiger partial charge in [-0.3, -0.25) is 4.90 Å². The zero-order chi connectivity index (χ0) is 16.9. The summed E-state index contributed by atoms with van der Waals surface area (Å²) in [5.74, 6) is 1.78. The van der Waals surface area contributed by atoms with Crippen molar-refractivity contribution in [3.05, 3.63) is 58.9 Å². The summed E-state index contributed by atoms with van der Waals surface area (Å²) >= 11 is 2.01. The van der Waals surface area contributed by atoms with E-state index in [0.29, 0.717) is 10.8 Å². The second-order valence-corrected chi connectivity index (χ2v) is 7.30. The van der Waals surface area contributed by atoms with Gasteiger partial charge < -0.3 is 9.47 Å². The van der Waals surface area contributed by atoms with Crippen molar-refractivity contribution in [2.45, 2.75) is 18.2 Å². The van der Waals surface area contributed by atoms with Crippen molar-refractivity contribution in [1.82, 2.24) is 4.90 Å². The van der Waals surface area contributed by atoms with Gasteiger partial charge >= 0.3 is 5.97 Å². The minimum Gasteiger partial charge on any atom is -0.497 e. The van der Waals surface area contributed by atoms with Crippen molar-refractivity contribution in [2.24, 2.45) is 0 Å². The number of ether oxygens (including phenoxy) is 2. The lowest BCUT2D eigenvalue weighted by atomic mass is 10.0. The van der Waals surface area contributed by atoms with E-state index in [4.69, 9.17) is 9.47 Å². The summed E-state index contributed by atoms with van der Waals surface area (Å²) < 4.78 is 10.3. The van der Waals surface area contributed by atoms with Crippen LogP contribution in [-0.4, -0.2) is 49.2 Å². The molecule has 1 aromatic rings. The number of benzene rings is 1. The molecule has 1 aromatic carbocycles. The van der Waals surface area contributed by atoms with Crippen LogP contribution in [0, 0.1) is 0 Å². The number of nitrogens with zero attached hydrogens (tertiary/aromatic N) is 1. The fourth-order valence-electron chi connectivity index (χ4n) is 3.18. The van der Waals surface area contributed by atoms with E-state index in [1.165, 1.54) is 12.7 Å². The molecule has 0 spiro atoms. The summed E-state index contributed by atoms with van der Waals surface area (Å²) in [6, 6.07) is 7.70. The third-order valence-electron chi connectivity index (χ3n) is 4.46. The SMILES string of the molecule is COC(=O)c1ccccc1CN1CCSC2CC=C(OC)C=C2C1. The molecule has 1 saturated heterocycles. The van der Waals surface area contributed by atoms with Crippen molar-refractivity contribution in [1.29, 1.82) is 0 Å². The molecule has 5 heteroatoms. The van der Waals surface area contributed by atoms with E-state index in [0.717, 1.165) is 43.1 Å². The highest BCUT2D eigenvalue weighted by Gasteiger charge is 2.25. The molecule has 0 radical (unpaired) electrons. The van der Waals surface area contributed by atoms with Crippen molar-refractivity contribution in [3.8, 4) is 0 Å². The molecule has 2 aliphatic rings. The first-order valence-electron chi connectivity index (χ1n) is 8.16. The quantitative estimate of drug-likeness (QED) is 0.783. The van der Waals surface area contributed by atoms with Crippen molar-refractivity contribution >= 4 is 17.7 Å². The number of hydrogen-bond acceptors (Lipinski definition) is 5. The zero-order valence-corrected chi connectivity index (χ0v) is 15.0. The molecule has 4 nitrogen and oxygen atoms in total. The van der Waals surface area contributed by atoms with Gasteiger partial charge in [-0.05, 0) is 35.8 Å². The molecule has 1 atom stereocenters. The van der Waals surface area contributed by atoms with Gasteiger partial charge in [0.05, 0.1) is 19.8 Å². The largest absolute Gasteiger partial charge is 0.497 e. The van der Waals surface area contributed by atoms with Crippen LogP contribution in [0.1, 0.15) is 22.3 Å². The third-order valence-corrected chi connectivity index (χ3v) is 5.78. The second-order valence-electron chi connectivity index (χ2n) is 5.98. The van der Waals surface area contributed by atoms with E-state index in [9.17, 15) is 4.79 Å². The molecule has 1 unspecified atom stereocenters. The summed E-state index contributed by atoms with van der Waals surface area (Å²) in [5.41, 5.74) is 3.09. The molecule has 1 aliphatic heterocycles. The van der Waals surface area contributed by atoms with E-state index < -0.39 is 0 Å². The van der Waals surface area contributed by atoms with Gasteiger partial charge in [0.1, 0.15) is 5.76 Å². The Morgan fingerprint density at radius 2 is 2.17 bits per heavy atom. The molecule has 1 fully saturated rings. The van der Waals surface area contributed by atoms with E-state index in [1.807, 2.05) is 36.0 Å². The lowest BCUT2D eigenvalue weighted by molar-refractivity contribution is 0.0598. The Morgan fingerprint density at radius 3 is 2.96 bits per heavy atom. The Bertz CT molecular complexity index is 668. The third kappa shape index (κ3) is 3.84. The average Bonchev–Trinajstić information content (AvgIpc) is 2.82. The number of carbonyl (C=O) groups excluding carboxylic acids is 1. The van der Waals surface area contributed by atoms with E-state index in [-0.39, 0.29) is 5.97 Å². The van der Waals surface area contributed by atoms with Gasteiger partial charge in [0.2, 0.25) is 0 Å². The number of esters is 1. The maximum absolute atomic E-state index is 12.0. The van der Waals surface area contributed by atoms with Crippen molar-refractivity contribution in [2.75, 3.05) is 33.1 Å². The molecule has 3 rings (SSSR count). The van der Waals surface area contributed by atoms with Gasteiger partial charge in [0.25, 0.3) is 0 Å². The van der Waals surface area contributed by atoms with Gasteiger partial charge in [-0.25, -0.2) is 4.79 Å². The predicted molar refractivity (Wildman–Crippen MR) is 97.1 cm³/mol. The standard InChI is InChI=1S/C19H23NO3S/c1-22-16-7-8-18-15(11-16)13-20(9-10-24-18)12-14-5-3-4-6-17(14)19(21)23-2/h3-7,11,18H,8-10,12-13H2,1-2H3. The molecule has 1 aliphatic carbocycles. The summed E-state index contributed by atoms with van der Waals surface area (Å²) in [6.45, 7) is 2.67. The maximum atomic E-state index is 12.0. The van der Waals surface area contributed by atoms with Crippen LogP contribution in [-0.2, 0) is 16.0 Å². The molecular weight excluding hydrogens is 322 g/mol. The zero-order valence-electron chi connectivity index (χ0n) is 14.2. The summed E-state index contributed by atoms with van der Waals surface area (Å²) in [6.07, 6.45) is 5.38. The van der Waals surface area contributed by atoms with Crippen molar-refractivity contribution < 1.29 is 14.3 Å². The smallest absolute Gasteiger partial charge is 0.338 e. The number of allylic oxidation sites excluding steroid dienone is 2. The number of methoxy groups -OCH3 is 2. The fraction of sp³-hybridized carbons (Fsp3) is 0.421. The minimum absolute atomic E-state index is 0.269. The lowest BCUT2D eigenvalue weighted by Gasteiger charge is -2.25. The molecular formula is C19H23NO3S. The summed E-state index contributed by atoms with van der Waals surface area (Å²) in [7, 11) is 3.15. The average molecular weight is 345 g/mol. The highest BCUT2D eigenvalue weighted by atomic mass is 32.2. The predicted octanol–water partition coefficient (Wildman–Crippen LogP) is 3.25. The maximum Gasteiger partial charge on any atom is 0.338 e. The lowest BCUT2D eigenvalue weighted by Crippen LogP contribution is -2.28. The number of carbonyl (C=O) groups is 1. The summed E-state index contributed by atoms with van der Waals surface area (Å²) in [4.78, 5) is 14.4. The van der Waals surface area contributed by atoms with Crippen LogP contribution >= 0.6 is 11.8 Å². The monoisotopic (exact) mass is 345 g/mol. The van der Waals surface area contributed by atoms with Crippen molar-refractivity contribution in [3.63, 3.8) is 0 Å². The number of rotatable bonds is 4. The fourth-order valence-corrected chi connectivity index (χ4v) is 4.42. The Morgan fingerprint density at radius 1 is 1.33 bits per heavy atom. The topological polar surface area (TPSA) is 38.8 Å². The first kappa shape index (κ1) is 17.1. The van der Waals surface area contributed by atoms with Crippen LogP contribution in [0.4, 0.5) is 0 Å². The van der Waals surface area contributed by atoms with Crippen LogP contribution in [0.15, 0.2) is 47.7 Å². The first-order chi connectivity index (χ1) is 11.7. The normalized spacial score (nSPS) is 21.2. The van der Waals surface area contributed by atoms with Gasteiger partial charge in [0, 0.05) is 30.6 Å². The van der Waals surface area contributed by atoms with Crippen LogP contribution < -0.4 is 0 Å². The number of hydrogen-bond donors (Lipinski definition) is 0. The highest BCUT2D eigenvalue weighted by molar-refractivity contribution is 8.00. The van der Waals surface area contributed by atoms with Gasteiger partial charge in [-0.2, -0.15) is 11.8 Å². The molecule has 0 bridgehead atoms. The Balaban J connectivity index is 1.77. The molecule has 1 heterocycles. The number of thioether (sulfide) groups is 1. The Hall–Kier alpha value is -1.72. The van der Waals surface area contributed by atoms with E-state index >= 15 is 0 Å². The minimum atomic E-state index is -0.269. The molecule has 24 heavy (non-hydrogen) atoms. The highest BCUT2D eigenvalue weighted by Crippen LogP contribution is 2.32. The van der Waals surface area contributed by atoms with Crippen LogP contribution in [0.2, 0.25) is 0 Å². The van der Waals surface area contributed by atoms with E-state index in [1.54, 1.807) is 7.11 Å². The summed E-state index contributed by atoms with van der Waals surface area (Å²) in [5, 5.41) is 0.546. The molecule has 0 saturated carbocycles. The Kier molecular flexibility index (Phi) is 5.63. The molecule has 0 amide bonds. The Labute approximate surface area is 147 Å².